The monoisotopic (exact) mass is 368 g/mol. The number of hydrogen-bond acceptors (Lipinski definition) is 4. The topological polar surface area (TPSA) is 81.9 Å². The van der Waals surface area contributed by atoms with Crippen LogP contribution in [0.4, 0.5) is 0 Å². The van der Waals surface area contributed by atoms with E-state index in [1.807, 2.05) is 43.3 Å². The minimum atomic E-state index is -0.462. The SMILES string of the molecule is CCCOc1cc(C(CC(N)=O)N2Cc3ccccc3C2=O)ccc1OC. The first kappa shape index (κ1) is 18.8. The van der Waals surface area contributed by atoms with Gasteiger partial charge >= 0.3 is 0 Å². The lowest BCUT2D eigenvalue weighted by Gasteiger charge is -2.28. The number of hydrogen-bond donors (Lipinski definition) is 1. The van der Waals surface area contributed by atoms with Gasteiger partial charge in [-0.15, -0.1) is 0 Å². The van der Waals surface area contributed by atoms with E-state index in [1.54, 1.807) is 18.1 Å². The van der Waals surface area contributed by atoms with Gasteiger partial charge in [0.2, 0.25) is 5.91 Å². The Morgan fingerprint density at radius 2 is 2.00 bits per heavy atom. The van der Waals surface area contributed by atoms with Gasteiger partial charge in [0.05, 0.1) is 26.2 Å². The summed E-state index contributed by atoms with van der Waals surface area (Å²) in [6.45, 7) is 3.02. The summed E-state index contributed by atoms with van der Waals surface area (Å²) >= 11 is 0. The fraction of sp³-hybridized carbons (Fsp3) is 0.333. The lowest BCUT2D eigenvalue weighted by atomic mass is 10.0. The Morgan fingerprint density at radius 1 is 1.22 bits per heavy atom. The summed E-state index contributed by atoms with van der Waals surface area (Å²) in [5.74, 6) is 0.649. The van der Waals surface area contributed by atoms with Gasteiger partial charge in [-0.3, -0.25) is 9.59 Å². The molecule has 0 saturated heterocycles. The first-order valence-corrected chi connectivity index (χ1v) is 9.03. The molecule has 0 aromatic heterocycles. The number of methoxy groups -OCH3 is 1. The molecular formula is C21H24N2O4. The number of benzene rings is 2. The van der Waals surface area contributed by atoms with Crippen molar-refractivity contribution in [1.29, 1.82) is 0 Å². The van der Waals surface area contributed by atoms with Crippen LogP contribution in [0.2, 0.25) is 0 Å². The van der Waals surface area contributed by atoms with E-state index in [0.29, 0.717) is 30.2 Å². The molecule has 27 heavy (non-hydrogen) atoms. The van der Waals surface area contributed by atoms with E-state index in [4.69, 9.17) is 15.2 Å². The maximum absolute atomic E-state index is 12.9. The Labute approximate surface area is 158 Å². The predicted molar refractivity (Wildman–Crippen MR) is 102 cm³/mol. The number of nitrogens with two attached hydrogens (primary N) is 1. The van der Waals surface area contributed by atoms with Gasteiger partial charge < -0.3 is 20.1 Å². The summed E-state index contributed by atoms with van der Waals surface area (Å²) in [5.41, 5.74) is 7.90. The van der Waals surface area contributed by atoms with Crippen molar-refractivity contribution in [2.24, 2.45) is 5.73 Å². The molecule has 0 radical (unpaired) electrons. The maximum atomic E-state index is 12.9. The molecule has 6 nitrogen and oxygen atoms in total. The summed E-state index contributed by atoms with van der Waals surface area (Å²) in [5, 5.41) is 0. The second kappa shape index (κ2) is 8.12. The summed E-state index contributed by atoms with van der Waals surface area (Å²) in [7, 11) is 1.58. The minimum Gasteiger partial charge on any atom is -0.493 e. The molecule has 1 atom stereocenters. The molecule has 2 aromatic rings. The van der Waals surface area contributed by atoms with Crippen LogP contribution >= 0.6 is 0 Å². The molecule has 0 fully saturated rings. The van der Waals surface area contributed by atoms with E-state index in [2.05, 4.69) is 0 Å². The van der Waals surface area contributed by atoms with E-state index in [0.717, 1.165) is 17.5 Å². The standard InChI is InChI=1S/C21H24N2O4/c1-3-10-27-19-11-14(8-9-18(19)26-2)17(12-20(22)24)23-13-15-6-4-5-7-16(15)21(23)25/h4-9,11,17H,3,10,12-13H2,1-2H3,(H2,22,24). The van der Waals surface area contributed by atoms with Crippen LogP contribution in [0.3, 0.4) is 0 Å². The largest absolute Gasteiger partial charge is 0.493 e. The molecule has 1 unspecified atom stereocenters. The highest BCUT2D eigenvalue weighted by molar-refractivity contribution is 5.98. The van der Waals surface area contributed by atoms with E-state index in [9.17, 15) is 9.59 Å². The molecule has 3 rings (SSSR count). The zero-order valence-corrected chi connectivity index (χ0v) is 15.6. The second-order valence-electron chi connectivity index (χ2n) is 6.54. The summed E-state index contributed by atoms with van der Waals surface area (Å²) in [6, 6.07) is 12.5. The van der Waals surface area contributed by atoms with Crippen LogP contribution in [0, 0.1) is 0 Å². The highest BCUT2D eigenvalue weighted by atomic mass is 16.5. The molecule has 0 bridgehead atoms. The van der Waals surface area contributed by atoms with E-state index in [1.165, 1.54) is 0 Å². The molecular weight excluding hydrogens is 344 g/mol. The van der Waals surface area contributed by atoms with Gasteiger partial charge in [-0.1, -0.05) is 31.2 Å². The lowest BCUT2D eigenvalue weighted by Crippen LogP contribution is -2.32. The number of carbonyl (C=O) groups is 2. The Balaban J connectivity index is 1.96. The molecule has 0 aliphatic carbocycles. The summed E-state index contributed by atoms with van der Waals surface area (Å²) < 4.78 is 11.1. The van der Waals surface area contributed by atoms with Gasteiger partial charge in [0.15, 0.2) is 11.5 Å². The molecule has 2 aromatic carbocycles. The fourth-order valence-electron chi connectivity index (χ4n) is 3.35. The third kappa shape index (κ3) is 3.89. The maximum Gasteiger partial charge on any atom is 0.255 e. The van der Waals surface area contributed by atoms with Crippen LogP contribution in [0.1, 0.15) is 47.3 Å². The summed E-state index contributed by atoms with van der Waals surface area (Å²) in [4.78, 5) is 26.3. The van der Waals surface area contributed by atoms with E-state index < -0.39 is 11.9 Å². The predicted octanol–water partition coefficient (Wildman–Crippen LogP) is 3.06. The molecule has 6 heteroatoms. The molecule has 0 saturated carbocycles. The Hall–Kier alpha value is -3.02. The van der Waals surface area contributed by atoms with Crippen molar-refractivity contribution in [2.45, 2.75) is 32.4 Å². The van der Waals surface area contributed by atoms with Crippen molar-refractivity contribution >= 4 is 11.8 Å². The molecule has 2 amide bonds. The zero-order chi connectivity index (χ0) is 19.4. The Kier molecular flexibility index (Phi) is 5.64. The first-order chi connectivity index (χ1) is 13.0. The molecule has 1 aliphatic rings. The van der Waals surface area contributed by atoms with Gasteiger partial charge in [0.25, 0.3) is 5.91 Å². The van der Waals surface area contributed by atoms with E-state index in [-0.39, 0.29) is 12.3 Å². The van der Waals surface area contributed by atoms with Crippen molar-refractivity contribution in [1.82, 2.24) is 4.90 Å². The Bertz CT molecular complexity index is 850. The highest BCUT2D eigenvalue weighted by Gasteiger charge is 2.34. The highest BCUT2D eigenvalue weighted by Crippen LogP contribution is 2.37. The van der Waals surface area contributed by atoms with Crippen LogP contribution in [0.5, 0.6) is 11.5 Å². The second-order valence-corrected chi connectivity index (χ2v) is 6.54. The number of primary amides is 1. The number of nitrogens with zero attached hydrogens (tertiary/aromatic N) is 1. The minimum absolute atomic E-state index is 0.0409. The van der Waals surface area contributed by atoms with Crippen LogP contribution in [-0.4, -0.2) is 30.4 Å². The van der Waals surface area contributed by atoms with Crippen LogP contribution in [0.25, 0.3) is 0 Å². The van der Waals surface area contributed by atoms with Crippen molar-refractivity contribution in [2.75, 3.05) is 13.7 Å². The molecule has 0 spiro atoms. The van der Waals surface area contributed by atoms with Gasteiger partial charge in [-0.05, 0) is 35.7 Å². The third-order valence-electron chi connectivity index (χ3n) is 4.65. The van der Waals surface area contributed by atoms with Crippen molar-refractivity contribution < 1.29 is 19.1 Å². The number of fused-ring (bicyclic) bond motifs is 1. The average molecular weight is 368 g/mol. The lowest BCUT2D eigenvalue weighted by molar-refractivity contribution is -0.119. The number of carbonyl (C=O) groups excluding carboxylic acids is 2. The smallest absolute Gasteiger partial charge is 0.255 e. The van der Waals surface area contributed by atoms with Crippen LogP contribution in [0.15, 0.2) is 42.5 Å². The number of amides is 2. The van der Waals surface area contributed by atoms with Crippen molar-refractivity contribution in [3.63, 3.8) is 0 Å². The summed E-state index contributed by atoms with van der Waals surface area (Å²) in [6.07, 6.45) is 0.900. The molecule has 1 heterocycles. The third-order valence-corrected chi connectivity index (χ3v) is 4.65. The zero-order valence-electron chi connectivity index (χ0n) is 15.6. The van der Waals surface area contributed by atoms with Gasteiger partial charge in [0, 0.05) is 12.1 Å². The van der Waals surface area contributed by atoms with Gasteiger partial charge in [0.1, 0.15) is 0 Å². The van der Waals surface area contributed by atoms with Gasteiger partial charge in [-0.25, -0.2) is 0 Å². The quantitative estimate of drug-likeness (QED) is 0.776. The Morgan fingerprint density at radius 3 is 2.67 bits per heavy atom. The van der Waals surface area contributed by atoms with Crippen molar-refractivity contribution in [3.8, 4) is 11.5 Å². The average Bonchev–Trinajstić information content (AvgIpc) is 3.01. The van der Waals surface area contributed by atoms with Gasteiger partial charge in [-0.2, -0.15) is 0 Å². The van der Waals surface area contributed by atoms with Crippen molar-refractivity contribution in [3.05, 3.63) is 59.2 Å². The van der Waals surface area contributed by atoms with E-state index >= 15 is 0 Å². The van der Waals surface area contributed by atoms with Crippen LogP contribution < -0.4 is 15.2 Å². The first-order valence-electron chi connectivity index (χ1n) is 9.03. The number of rotatable bonds is 8. The number of ether oxygens (including phenoxy) is 2. The molecule has 2 N–H and O–H groups in total. The normalized spacial score (nSPS) is 14.0. The fourth-order valence-corrected chi connectivity index (χ4v) is 3.35. The molecule has 1 aliphatic heterocycles. The van der Waals surface area contributed by atoms with Crippen LogP contribution in [-0.2, 0) is 11.3 Å². The molecule has 142 valence electrons.